The molecule has 5 rings (SSSR count). The van der Waals surface area contributed by atoms with Crippen molar-refractivity contribution in [3.8, 4) is 16.9 Å². The molecule has 0 saturated carbocycles. The second kappa shape index (κ2) is 12.5. The Balaban J connectivity index is 1.34. The zero-order valence-electron chi connectivity index (χ0n) is 24.5. The van der Waals surface area contributed by atoms with Crippen molar-refractivity contribution in [2.45, 2.75) is 58.7 Å². The van der Waals surface area contributed by atoms with Gasteiger partial charge >= 0.3 is 6.09 Å². The fraction of sp³-hybridized carbons (Fsp3) is 0.344. The Morgan fingerprint density at radius 3 is 2.64 bits per heavy atom. The van der Waals surface area contributed by atoms with Crippen LogP contribution in [-0.4, -0.2) is 61.2 Å². The van der Waals surface area contributed by atoms with Crippen molar-refractivity contribution in [1.82, 2.24) is 29.7 Å². The minimum Gasteiger partial charge on any atom is -0.444 e. The van der Waals surface area contributed by atoms with Crippen LogP contribution in [0.5, 0.6) is 0 Å². The van der Waals surface area contributed by atoms with Crippen LogP contribution in [0.2, 0.25) is 0 Å². The van der Waals surface area contributed by atoms with Crippen LogP contribution in [0.4, 0.5) is 10.5 Å². The molecule has 2 aromatic carbocycles. The maximum absolute atomic E-state index is 13.3. The number of aromatic nitrogens is 4. The number of nitrogens with one attached hydrogen (secondary N) is 2. The lowest BCUT2D eigenvalue weighted by Crippen LogP contribution is -2.48. The van der Waals surface area contributed by atoms with Crippen LogP contribution in [0.1, 0.15) is 55.4 Å². The lowest BCUT2D eigenvalue weighted by Gasteiger charge is -2.33. The maximum atomic E-state index is 13.3. The second-order valence-corrected chi connectivity index (χ2v) is 11.6. The fourth-order valence-corrected chi connectivity index (χ4v) is 5.02. The number of amides is 2. The molecule has 1 aliphatic rings. The zero-order chi connectivity index (χ0) is 29.7. The molecular weight excluding hydrogens is 530 g/mol. The molecule has 1 fully saturated rings. The van der Waals surface area contributed by atoms with Gasteiger partial charge in [-0.3, -0.25) is 14.7 Å². The van der Waals surface area contributed by atoms with E-state index < -0.39 is 11.7 Å². The highest BCUT2D eigenvalue weighted by molar-refractivity contribution is 6.03. The number of anilines is 1. The summed E-state index contributed by atoms with van der Waals surface area (Å²) in [5.74, 6) is -0.343. The van der Waals surface area contributed by atoms with Crippen LogP contribution in [0.15, 0.2) is 73.4 Å². The number of rotatable bonds is 7. The number of piperidine rings is 1. The van der Waals surface area contributed by atoms with E-state index in [9.17, 15) is 9.59 Å². The van der Waals surface area contributed by atoms with Gasteiger partial charge in [0.25, 0.3) is 5.91 Å². The molecule has 0 spiro atoms. The van der Waals surface area contributed by atoms with E-state index in [1.165, 1.54) is 6.20 Å². The van der Waals surface area contributed by atoms with E-state index in [2.05, 4.69) is 36.6 Å². The predicted molar refractivity (Wildman–Crippen MR) is 161 cm³/mol. The summed E-state index contributed by atoms with van der Waals surface area (Å²) in [6.45, 7) is 9.78. The minimum atomic E-state index is -0.542. The Morgan fingerprint density at radius 1 is 1.10 bits per heavy atom. The number of imidazole rings is 1. The molecule has 2 N–H and O–H groups in total. The second-order valence-electron chi connectivity index (χ2n) is 11.6. The smallest absolute Gasteiger partial charge is 0.407 e. The average molecular weight is 568 g/mol. The van der Waals surface area contributed by atoms with Crippen molar-refractivity contribution in [2.75, 3.05) is 18.4 Å². The van der Waals surface area contributed by atoms with E-state index in [1.807, 2.05) is 80.9 Å². The molecule has 2 amide bonds. The molecule has 0 aliphatic carbocycles. The Hall–Kier alpha value is -4.57. The molecule has 1 atom stereocenters. The monoisotopic (exact) mass is 567 g/mol. The zero-order valence-corrected chi connectivity index (χ0v) is 24.5. The highest BCUT2D eigenvalue weighted by Gasteiger charge is 2.24. The molecule has 1 aliphatic heterocycles. The minimum absolute atomic E-state index is 0.00252. The summed E-state index contributed by atoms with van der Waals surface area (Å²) in [4.78, 5) is 41.1. The van der Waals surface area contributed by atoms with Crippen molar-refractivity contribution in [1.29, 1.82) is 0 Å². The van der Waals surface area contributed by atoms with Gasteiger partial charge in [0.1, 0.15) is 11.3 Å². The van der Waals surface area contributed by atoms with Crippen LogP contribution < -0.4 is 10.6 Å². The number of carbonyl (C=O) groups excluding carboxylic acids is 2. The van der Waals surface area contributed by atoms with Gasteiger partial charge in [-0.25, -0.2) is 14.8 Å². The van der Waals surface area contributed by atoms with Gasteiger partial charge in [0.05, 0.1) is 30.1 Å². The van der Waals surface area contributed by atoms with Gasteiger partial charge in [-0.05, 0) is 70.8 Å². The Bertz CT molecular complexity index is 1550. The molecule has 42 heavy (non-hydrogen) atoms. The molecule has 218 valence electrons. The Kier molecular flexibility index (Phi) is 8.63. The van der Waals surface area contributed by atoms with E-state index in [1.54, 1.807) is 12.5 Å². The van der Waals surface area contributed by atoms with Crippen LogP contribution >= 0.6 is 0 Å². The van der Waals surface area contributed by atoms with Gasteiger partial charge in [0, 0.05) is 42.3 Å². The van der Waals surface area contributed by atoms with Crippen molar-refractivity contribution in [2.24, 2.45) is 0 Å². The molecule has 0 radical (unpaired) electrons. The number of hydrogen-bond acceptors (Lipinski definition) is 7. The predicted octanol–water partition coefficient (Wildman–Crippen LogP) is 5.38. The van der Waals surface area contributed by atoms with Crippen LogP contribution in [0.3, 0.4) is 0 Å². The summed E-state index contributed by atoms with van der Waals surface area (Å²) in [6, 6.07) is 15.6. The van der Waals surface area contributed by atoms with E-state index >= 15 is 0 Å². The van der Waals surface area contributed by atoms with Gasteiger partial charge < -0.3 is 19.9 Å². The summed E-state index contributed by atoms with van der Waals surface area (Å²) in [5, 5.41) is 6.04. The Morgan fingerprint density at radius 2 is 1.90 bits per heavy atom. The number of carbonyl (C=O) groups is 2. The van der Waals surface area contributed by atoms with Gasteiger partial charge in [0.15, 0.2) is 0 Å². The van der Waals surface area contributed by atoms with E-state index in [-0.39, 0.29) is 17.6 Å². The molecule has 4 aromatic rings. The summed E-state index contributed by atoms with van der Waals surface area (Å²) in [6.07, 6.45) is 8.29. The third kappa shape index (κ3) is 7.79. The highest BCUT2D eigenvalue weighted by Crippen LogP contribution is 2.23. The fourth-order valence-electron chi connectivity index (χ4n) is 5.02. The number of likely N-dealkylation sites (tertiary alicyclic amines) is 1. The first-order valence-corrected chi connectivity index (χ1v) is 14.2. The summed E-state index contributed by atoms with van der Waals surface area (Å²) in [5.41, 5.74) is 4.65. The first-order valence-electron chi connectivity index (χ1n) is 14.2. The summed E-state index contributed by atoms with van der Waals surface area (Å²) >= 11 is 0. The SMILES string of the molecule is Cc1cn(-c2cc(CN3CCC[C@H](NC(=O)OC(C)(C)C)C3)cc(NC(=O)c3cncc(-c4ccccc4)n3)c2)cn1. The highest BCUT2D eigenvalue weighted by atomic mass is 16.6. The van der Waals surface area contributed by atoms with Crippen LogP contribution in [0.25, 0.3) is 16.9 Å². The lowest BCUT2D eigenvalue weighted by molar-refractivity contribution is 0.0470. The van der Waals surface area contributed by atoms with Crippen molar-refractivity contribution < 1.29 is 14.3 Å². The number of nitrogens with zero attached hydrogens (tertiary/aromatic N) is 5. The van der Waals surface area contributed by atoms with Crippen molar-refractivity contribution in [3.63, 3.8) is 0 Å². The topological polar surface area (TPSA) is 114 Å². The summed E-state index contributed by atoms with van der Waals surface area (Å²) < 4.78 is 7.39. The quantitative estimate of drug-likeness (QED) is 0.308. The van der Waals surface area contributed by atoms with Gasteiger partial charge in [-0.1, -0.05) is 30.3 Å². The van der Waals surface area contributed by atoms with Crippen molar-refractivity contribution in [3.05, 3.63) is 90.4 Å². The van der Waals surface area contributed by atoms with Crippen molar-refractivity contribution >= 4 is 17.7 Å². The molecule has 1 saturated heterocycles. The third-order valence-electron chi connectivity index (χ3n) is 6.81. The molecule has 0 bridgehead atoms. The molecule has 2 aromatic heterocycles. The van der Waals surface area contributed by atoms with Gasteiger partial charge in [0.2, 0.25) is 0 Å². The third-order valence-corrected chi connectivity index (χ3v) is 6.81. The largest absolute Gasteiger partial charge is 0.444 e. The van der Waals surface area contributed by atoms with Gasteiger partial charge in [-0.2, -0.15) is 0 Å². The average Bonchev–Trinajstić information content (AvgIpc) is 3.39. The molecule has 3 heterocycles. The van der Waals surface area contributed by atoms with E-state index in [0.717, 1.165) is 41.9 Å². The number of alkyl carbamates (subject to hydrolysis) is 1. The normalized spacial score (nSPS) is 15.7. The number of aryl methyl sites for hydroxylation is 1. The molecule has 10 nitrogen and oxygen atoms in total. The van der Waals surface area contributed by atoms with E-state index in [4.69, 9.17) is 4.74 Å². The van der Waals surface area contributed by atoms with Crippen LogP contribution in [-0.2, 0) is 11.3 Å². The maximum Gasteiger partial charge on any atom is 0.407 e. The van der Waals surface area contributed by atoms with Gasteiger partial charge in [-0.15, -0.1) is 0 Å². The van der Waals surface area contributed by atoms with E-state index in [0.29, 0.717) is 24.5 Å². The van der Waals surface area contributed by atoms with Crippen LogP contribution in [0, 0.1) is 6.92 Å². The number of hydrogen-bond donors (Lipinski definition) is 2. The summed E-state index contributed by atoms with van der Waals surface area (Å²) in [7, 11) is 0. The molecule has 10 heteroatoms. The lowest BCUT2D eigenvalue weighted by atomic mass is 10.0. The number of ether oxygens (including phenoxy) is 1. The molecular formula is C32H37N7O3. The first kappa shape index (κ1) is 28.9. The molecule has 0 unspecified atom stereocenters. The first-order chi connectivity index (χ1) is 20.1. The Labute approximate surface area is 246 Å². The number of benzene rings is 2. The standard InChI is InChI=1S/C32H37N7O3/c1-22-18-39(21-34-22)27-14-23(19-38-12-8-11-25(20-38)36-31(41)42-32(2,3)4)13-26(15-27)35-30(40)29-17-33-16-28(37-29)24-9-6-5-7-10-24/h5-7,9-10,13-18,21,25H,8,11-12,19-20H2,1-4H3,(H,35,40)(H,36,41)/t25-/m0/s1.